The van der Waals surface area contributed by atoms with Gasteiger partial charge in [-0.05, 0) is 42.2 Å². The van der Waals surface area contributed by atoms with Gasteiger partial charge in [0.25, 0.3) is 0 Å². The van der Waals surface area contributed by atoms with Crippen LogP contribution in [0.25, 0.3) is 0 Å². The molecule has 0 radical (unpaired) electrons. The van der Waals surface area contributed by atoms with E-state index in [0.29, 0.717) is 64.6 Å². The fourth-order valence-electron chi connectivity index (χ4n) is 6.46. The first-order chi connectivity index (χ1) is 18.5. The van der Waals surface area contributed by atoms with E-state index in [1.807, 2.05) is 53.4 Å². The normalized spacial score (nSPS) is 26.0. The Morgan fingerprint density at radius 2 is 1.82 bits per heavy atom. The lowest BCUT2D eigenvalue weighted by Crippen LogP contribution is -2.50. The summed E-state index contributed by atoms with van der Waals surface area (Å²) >= 11 is 0. The smallest absolute Gasteiger partial charge is 0.242 e. The number of likely N-dealkylation sites (N-methyl/N-ethyl adjacent to an activating group) is 1. The van der Waals surface area contributed by atoms with Crippen LogP contribution in [0.4, 0.5) is 5.69 Å². The van der Waals surface area contributed by atoms with Gasteiger partial charge in [-0.2, -0.15) is 0 Å². The molecule has 2 aromatic carbocycles. The molecule has 38 heavy (non-hydrogen) atoms. The van der Waals surface area contributed by atoms with Crippen LogP contribution in [-0.4, -0.2) is 98.6 Å². The Morgan fingerprint density at radius 1 is 1.00 bits per heavy atom. The van der Waals surface area contributed by atoms with Crippen molar-refractivity contribution in [3.63, 3.8) is 0 Å². The van der Waals surface area contributed by atoms with E-state index in [1.54, 1.807) is 16.8 Å². The number of amides is 3. The number of rotatable bonds is 2. The van der Waals surface area contributed by atoms with Gasteiger partial charge in [0.15, 0.2) is 0 Å². The molecule has 2 atom stereocenters. The molecule has 2 saturated heterocycles. The Bertz CT molecular complexity index is 1240. The van der Waals surface area contributed by atoms with Crippen LogP contribution in [0.15, 0.2) is 48.5 Å². The zero-order chi connectivity index (χ0) is 26.3. The number of ether oxygens (including phenoxy) is 2. The number of likely N-dealkylation sites (tertiary alicyclic amines) is 1. The van der Waals surface area contributed by atoms with Crippen LogP contribution in [0.3, 0.4) is 0 Å². The van der Waals surface area contributed by atoms with Gasteiger partial charge >= 0.3 is 0 Å². The van der Waals surface area contributed by atoms with Gasteiger partial charge in [0.1, 0.15) is 17.7 Å². The van der Waals surface area contributed by atoms with E-state index in [1.165, 1.54) is 0 Å². The van der Waals surface area contributed by atoms with Crippen molar-refractivity contribution < 1.29 is 23.9 Å². The Hall–Kier alpha value is -3.43. The fourth-order valence-corrected chi connectivity index (χ4v) is 6.46. The van der Waals surface area contributed by atoms with Crippen LogP contribution >= 0.6 is 0 Å². The second-order valence-electron chi connectivity index (χ2n) is 10.6. The predicted molar refractivity (Wildman–Crippen MR) is 141 cm³/mol. The number of morpholine rings is 1. The molecule has 4 heterocycles. The molecule has 4 bridgehead atoms. The molecule has 4 aliphatic heterocycles. The van der Waals surface area contributed by atoms with Gasteiger partial charge < -0.3 is 24.2 Å². The second-order valence-corrected chi connectivity index (χ2v) is 10.6. The van der Waals surface area contributed by atoms with Crippen LogP contribution in [0.1, 0.15) is 30.0 Å². The lowest BCUT2D eigenvalue weighted by Gasteiger charge is -2.36. The fraction of sp³-hybridized carbons (Fsp3) is 0.483. The van der Waals surface area contributed by atoms with Crippen LogP contribution in [-0.2, 0) is 24.5 Å². The maximum absolute atomic E-state index is 14.5. The molecule has 4 aliphatic rings. The van der Waals surface area contributed by atoms with Gasteiger partial charge in [-0.15, -0.1) is 0 Å². The minimum Gasteiger partial charge on any atom is -0.494 e. The highest BCUT2D eigenvalue weighted by Gasteiger charge is 2.61. The topological polar surface area (TPSA) is 82.6 Å². The first-order valence-corrected chi connectivity index (χ1v) is 13.5. The van der Waals surface area contributed by atoms with Crippen molar-refractivity contribution in [2.45, 2.75) is 24.3 Å². The molecule has 9 nitrogen and oxygen atoms in total. The largest absolute Gasteiger partial charge is 0.494 e. The van der Waals surface area contributed by atoms with Gasteiger partial charge in [-0.3, -0.25) is 19.3 Å². The summed E-state index contributed by atoms with van der Waals surface area (Å²) in [5.74, 6) is 0.471. The molecule has 0 saturated carbocycles. The monoisotopic (exact) mass is 518 g/mol. The minimum absolute atomic E-state index is 0.000698. The number of hydrogen-bond donors (Lipinski definition) is 0. The van der Waals surface area contributed by atoms with Gasteiger partial charge in [0.2, 0.25) is 17.7 Å². The number of anilines is 1. The number of nitrogens with zero attached hydrogens (tertiary/aromatic N) is 4. The van der Waals surface area contributed by atoms with E-state index in [4.69, 9.17) is 9.47 Å². The van der Waals surface area contributed by atoms with Crippen molar-refractivity contribution in [1.82, 2.24) is 14.7 Å². The number of fused-ring (bicyclic) bond motifs is 6. The van der Waals surface area contributed by atoms with Crippen molar-refractivity contribution in [2.75, 3.05) is 71.0 Å². The third-order valence-electron chi connectivity index (χ3n) is 8.41. The van der Waals surface area contributed by atoms with Gasteiger partial charge in [-0.25, -0.2) is 0 Å². The van der Waals surface area contributed by atoms with Crippen molar-refractivity contribution in [1.29, 1.82) is 0 Å². The Balaban J connectivity index is 1.47. The zero-order valence-electron chi connectivity index (χ0n) is 21.8. The summed E-state index contributed by atoms with van der Waals surface area (Å²) in [6.07, 6.45) is 1.17. The van der Waals surface area contributed by atoms with E-state index < -0.39 is 11.5 Å². The third kappa shape index (κ3) is 4.14. The van der Waals surface area contributed by atoms with E-state index in [9.17, 15) is 14.4 Å². The molecular formula is C29H34N4O5. The maximum Gasteiger partial charge on any atom is 0.242 e. The van der Waals surface area contributed by atoms with Gasteiger partial charge in [0, 0.05) is 38.9 Å². The second kappa shape index (κ2) is 10.0. The quantitative estimate of drug-likeness (QED) is 0.603. The molecule has 0 aromatic heterocycles. The number of benzene rings is 2. The summed E-state index contributed by atoms with van der Waals surface area (Å²) in [6, 6.07) is 15.1. The number of hydrogen-bond acceptors (Lipinski definition) is 6. The van der Waals surface area contributed by atoms with Crippen molar-refractivity contribution >= 4 is 23.4 Å². The first kappa shape index (κ1) is 24.9. The Labute approximate surface area is 222 Å². The predicted octanol–water partition coefficient (Wildman–Crippen LogP) is 1.82. The number of para-hydroxylation sites is 1. The van der Waals surface area contributed by atoms with E-state index in [0.717, 1.165) is 16.8 Å². The van der Waals surface area contributed by atoms with Crippen molar-refractivity contribution in [3.05, 3.63) is 59.7 Å². The van der Waals surface area contributed by atoms with Crippen LogP contribution in [0.2, 0.25) is 0 Å². The summed E-state index contributed by atoms with van der Waals surface area (Å²) in [5, 5.41) is 0. The van der Waals surface area contributed by atoms with E-state index >= 15 is 0 Å². The summed E-state index contributed by atoms with van der Waals surface area (Å²) in [5.41, 5.74) is 1.54. The highest BCUT2D eigenvalue weighted by molar-refractivity contribution is 6.12. The molecule has 6 rings (SSSR count). The highest BCUT2D eigenvalue weighted by Crippen LogP contribution is 2.56. The molecule has 0 N–H and O–H groups in total. The summed E-state index contributed by atoms with van der Waals surface area (Å²) in [7, 11) is 1.77. The minimum atomic E-state index is -0.973. The van der Waals surface area contributed by atoms with Gasteiger partial charge in [0.05, 0.1) is 32.4 Å². The molecule has 200 valence electrons. The van der Waals surface area contributed by atoms with Crippen molar-refractivity contribution in [2.24, 2.45) is 0 Å². The standard InChI is InChI=1S/C29H34N4O5/c1-30-11-5-15-38-22-7-4-6-21(18-22)27-29(10-12-32(27)26(35)19-31-13-16-37-17-14-31)23-8-2-3-9-24(23)33(28(29)36)20-25(30)34/h2-4,6-9,18,27H,5,10-17,19-20H2,1H3/t27-,29+/m0/s1. The van der Waals surface area contributed by atoms with E-state index in [-0.39, 0.29) is 30.8 Å². The molecule has 1 spiro atoms. The summed E-state index contributed by atoms with van der Waals surface area (Å²) < 4.78 is 11.5. The summed E-state index contributed by atoms with van der Waals surface area (Å²) in [4.78, 5) is 48.8. The molecule has 2 fully saturated rings. The van der Waals surface area contributed by atoms with Gasteiger partial charge in [-0.1, -0.05) is 30.3 Å². The SMILES string of the molecule is CN1CCCOc2cccc(c2)[C@@H]2N(C(=O)CN3CCOCC3)CC[C@]23C(=O)N(CC1=O)c1ccccc13. The average molecular weight is 519 g/mol. The van der Waals surface area contributed by atoms with Crippen LogP contribution in [0.5, 0.6) is 5.75 Å². The Morgan fingerprint density at radius 3 is 2.66 bits per heavy atom. The first-order valence-electron chi connectivity index (χ1n) is 13.5. The molecule has 3 amide bonds. The number of carbonyl (C=O) groups is 3. The molecule has 9 heteroatoms. The lowest BCUT2D eigenvalue weighted by molar-refractivity contribution is -0.136. The van der Waals surface area contributed by atoms with Crippen molar-refractivity contribution in [3.8, 4) is 5.75 Å². The van der Waals surface area contributed by atoms with Crippen LogP contribution in [0, 0.1) is 0 Å². The molecule has 0 unspecified atom stereocenters. The Kier molecular flexibility index (Phi) is 6.57. The number of carbonyl (C=O) groups excluding carboxylic acids is 3. The average Bonchev–Trinajstić information content (AvgIpc) is 3.45. The van der Waals surface area contributed by atoms with Crippen LogP contribution < -0.4 is 9.64 Å². The third-order valence-corrected chi connectivity index (χ3v) is 8.41. The molecule has 2 aromatic rings. The molecule has 0 aliphatic carbocycles. The van der Waals surface area contributed by atoms with E-state index in [2.05, 4.69) is 4.90 Å². The lowest BCUT2D eigenvalue weighted by atomic mass is 9.72. The summed E-state index contributed by atoms with van der Waals surface area (Å²) in [6.45, 7) is 4.39. The molecular weight excluding hydrogens is 484 g/mol. The maximum atomic E-state index is 14.5. The zero-order valence-corrected chi connectivity index (χ0v) is 21.8. The highest BCUT2D eigenvalue weighted by atomic mass is 16.5.